The zero-order chi connectivity index (χ0) is 5.21. The average molecular weight is 208 g/mol. The minimum atomic E-state index is -0.867. The fraction of sp³-hybridized carbons (Fsp3) is 0.600. The van der Waals surface area contributed by atoms with Gasteiger partial charge in [-0.25, -0.2) is 0 Å². The molecule has 0 rings (SSSR count). The molecule has 0 heterocycles. The van der Waals surface area contributed by atoms with Gasteiger partial charge in [0.05, 0.1) is 8.07 Å². The van der Waals surface area contributed by atoms with Crippen molar-refractivity contribution < 1.29 is 22.4 Å². The van der Waals surface area contributed by atoms with Crippen LogP contribution in [0.15, 0.2) is 12.3 Å². The van der Waals surface area contributed by atoms with E-state index in [1.165, 1.54) is 0 Å². The van der Waals surface area contributed by atoms with Crippen molar-refractivity contribution in [1.82, 2.24) is 0 Å². The van der Waals surface area contributed by atoms with E-state index >= 15 is 0 Å². The van der Waals surface area contributed by atoms with Gasteiger partial charge < -0.3 is 0 Å². The number of hydrogen-bond acceptors (Lipinski definition) is 0. The maximum Gasteiger partial charge on any atom is 0.0679 e. The average Bonchev–Trinajstić information content (AvgIpc) is 1.35. The van der Waals surface area contributed by atoms with E-state index in [1.807, 2.05) is 0 Å². The summed E-state index contributed by atoms with van der Waals surface area (Å²) in [7, 11) is -0.867. The Morgan fingerprint density at radius 1 is 1.29 bits per heavy atom. The Bertz CT molecular complexity index is 53.6. The van der Waals surface area contributed by atoms with Crippen LogP contribution in [0.25, 0.3) is 0 Å². The second kappa shape index (κ2) is 3.67. The Morgan fingerprint density at radius 3 is 1.43 bits per heavy atom. The molecular formula is C5H12AgSi. The summed E-state index contributed by atoms with van der Waals surface area (Å²) in [5.41, 5.74) is 2.08. The standard InChI is InChI=1S/C5H12Si.Ag/c1-5-6(2,3)4;/h5H,1H2,2-4H3;. The maximum atomic E-state index is 3.69. The molecule has 0 amide bonds. The Morgan fingerprint density at radius 2 is 1.43 bits per heavy atom. The molecule has 0 atom stereocenters. The molecule has 0 bridgehead atoms. The molecule has 2 heteroatoms. The molecule has 0 aliphatic rings. The Hall–Kier alpha value is 0.697. The minimum absolute atomic E-state index is 0. The fourth-order valence-corrected chi connectivity index (χ4v) is 0. The van der Waals surface area contributed by atoms with Crippen LogP contribution in [0.5, 0.6) is 0 Å². The molecule has 7 heavy (non-hydrogen) atoms. The van der Waals surface area contributed by atoms with Crippen molar-refractivity contribution in [3.63, 3.8) is 0 Å². The van der Waals surface area contributed by atoms with Crippen LogP contribution < -0.4 is 0 Å². The first kappa shape index (κ1) is 10.6. The van der Waals surface area contributed by atoms with Crippen LogP contribution in [0.1, 0.15) is 0 Å². The van der Waals surface area contributed by atoms with Crippen LogP contribution >= 0.6 is 0 Å². The SMILES string of the molecule is C=C[Si](C)(C)C.[Ag]. The summed E-state index contributed by atoms with van der Waals surface area (Å²) in [6.07, 6.45) is 0. The summed E-state index contributed by atoms with van der Waals surface area (Å²) in [4.78, 5) is 0. The van der Waals surface area contributed by atoms with Crippen molar-refractivity contribution in [2.45, 2.75) is 19.6 Å². The van der Waals surface area contributed by atoms with E-state index < -0.39 is 8.07 Å². The topological polar surface area (TPSA) is 0 Å². The van der Waals surface area contributed by atoms with E-state index in [4.69, 9.17) is 0 Å². The Kier molecular flexibility index (Phi) is 5.57. The molecule has 0 nitrogen and oxygen atoms in total. The molecule has 0 aliphatic heterocycles. The van der Waals surface area contributed by atoms with Crippen molar-refractivity contribution in [2.75, 3.05) is 0 Å². The molecule has 0 aromatic rings. The first-order chi connectivity index (χ1) is 2.56. The van der Waals surface area contributed by atoms with Crippen molar-refractivity contribution in [1.29, 1.82) is 0 Å². The van der Waals surface area contributed by atoms with E-state index in [1.54, 1.807) is 0 Å². The summed E-state index contributed by atoms with van der Waals surface area (Å²) in [5, 5.41) is 0. The Balaban J connectivity index is 0. The van der Waals surface area contributed by atoms with Gasteiger partial charge >= 0.3 is 0 Å². The molecule has 0 fully saturated rings. The van der Waals surface area contributed by atoms with Gasteiger partial charge in [0.2, 0.25) is 0 Å². The zero-order valence-electron chi connectivity index (χ0n) is 5.09. The van der Waals surface area contributed by atoms with E-state index in [2.05, 4.69) is 31.9 Å². The summed E-state index contributed by atoms with van der Waals surface area (Å²) in [6.45, 7) is 10.5. The van der Waals surface area contributed by atoms with Gasteiger partial charge in [-0.3, -0.25) is 0 Å². The Labute approximate surface area is 62.5 Å². The predicted molar refractivity (Wildman–Crippen MR) is 33.5 cm³/mol. The van der Waals surface area contributed by atoms with Crippen LogP contribution in [0.4, 0.5) is 0 Å². The van der Waals surface area contributed by atoms with Gasteiger partial charge in [0.1, 0.15) is 0 Å². The molecule has 0 aromatic heterocycles. The summed E-state index contributed by atoms with van der Waals surface area (Å²) in [5.74, 6) is 0. The first-order valence-electron chi connectivity index (χ1n) is 2.20. The van der Waals surface area contributed by atoms with Crippen molar-refractivity contribution in [3.05, 3.63) is 12.3 Å². The quantitative estimate of drug-likeness (QED) is 0.578. The molecule has 0 spiro atoms. The van der Waals surface area contributed by atoms with Gasteiger partial charge in [0, 0.05) is 22.4 Å². The summed E-state index contributed by atoms with van der Waals surface area (Å²) in [6, 6.07) is 0. The largest absolute Gasteiger partial charge is 0.107 e. The van der Waals surface area contributed by atoms with Gasteiger partial charge in [-0.1, -0.05) is 19.6 Å². The van der Waals surface area contributed by atoms with Crippen LogP contribution in [0.2, 0.25) is 19.6 Å². The van der Waals surface area contributed by atoms with E-state index in [0.29, 0.717) is 0 Å². The number of hydrogen-bond donors (Lipinski definition) is 0. The van der Waals surface area contributed by atoms with Gasteiger partial charge in [0.15, 0.2) is 0 Å². The molecule has 0 saturated carbocycles. The predicted octanol–water partition coefficient (Wildman–Crippen LogP) is 2.05. The third kappa shape index (κ3) is 10.8. The third-order valence-corrected chi connectivity index (χ3v) is 1.84. The molecule has 0 aromatic carbocycles. The van der Waals surface area contributed by atoms with Gasteiger partial charge in [-0.05, 0) is 0 Å². The monoisotopic (exact) mass is 207 g/mol. The van der Waals surface area contributed by atoms with E-state index in [0.717, 1.165) is 0 Å². The second-order valence-corrected chi connectivity index (χ2v) is 7.71. The van der Waals surface area contributed by atoms with Crippen molar-refractivity contribution in [3.8, 4) is 0 Å². The molecule has 0 unspecified atom stereocenters. The summed E-state index contributed by atoms with van der Waals surface area (Å²) < 4.78 is 0. The van der Waals surface area contributed by atoms with E-state index in [-0.39, 0.29) is 22.4 Å². The molecule has 0 aliphatic carbocycles. The van der Waals surface area contributed by atoms with Crippen molar-refractivity contribution >= 4 is 8.07 Å². The van der Waals surface area contributed by atoms with Crippen LogP contribution in [-0.2, 0) is 22.4 Å². The van der Waals surface area contributed by atoms with Crippen LogP contribution in [0, 0.1) is 0 Å². The normalized spacial score (nSPS) is 9.57. The second-order valence-electron chi connectivity index (χ2n) is 2.57. The fourth-order valence-electron chi connectivity index (χ4n) is 0. The smallest absolute Gasteiger partial charge is 0.0679 e. The molecular weight excluding hydrogens is 196 g/mol. The zero-order valence-corrected chi connectivity index (χ0v) is 7.57. The van der Waals surface area contributed by atoms with Crippen LogP contribution in [-0.4, -0.2) is 8.07 Å². The molecule has 1 radical (unpaired) electrons. The van der Waals surface area contributed by atoms with Gasteiger partial charge in [0.25, 0.3) is 0 Å². The molecule has 0 saturated heterocycles. The minimum Gasteiger partial charge on any atom is -0.107 e. The first-order valence-corrected chi connectivity index (χ1v) is 5.77. The molecule has 47 valence electrons. The third-order valence-electron chi connectivity index (χ3n) is 0.612. The number of rotatable bonds is 1. The van der Waals surface area contributed by atoms with Crippen molar-refractivity contribution in [2.24, 2.45) is 0 Å². The van der Waals surface area contributed by atoms with Gasteiger partial charge in [-0.15, -0.1) is 12.3 Å². The van der Waals surface area contributed by atoms with E-state index in [9.17, 15) is 0 Å². The summed E-state index contributed by atoms with van der Waals surface area (Å²) >= 11 is 0. The van der Waals surface area contributed by atoms with Crippen LogP contribution in [0.3, 0.4) is 0 Å². The van der Waals surface area contributed by atoms with Gasteiger partial charge in [-0.2, -0.15) is 0 Å². The maximum absolute atomic E-state index is 3.69. The molecule has 0 N–H and O–H groups in total.